The van der Waals surface area contributed by atoms with Crippen LogP contribution in [0.4, 0.5) is 0 Å². The lowest BCUT2D eigenvalue weighted by Gasteiger charge is -2.37. The van der Waals surface area contributed by atoms with E-state index in [4.69, 9.17) is 0 Å². The van der Waals surface area contributed by atoms with E-state index in [1.807, 2.05) is 12.1 Å². The average Bonchev–Trinajstić information content (AvgIpc) is 2.47. The lowest BCUT2D eigenvalue weighted by molar-refractivity contribution is 0.0340. The number of aryl methyl sites for hydroxylation is 1. The molecule has 0 spiro atoms. The van der Waals surface area contributed by atoms with Gasteiger partial charge in [0.05, 0.1) is 6.10 Å². The molecule has 0 aliphatic rings. The van der Waals surface area contributed by atoms with Gasteiger partial charge in [0.25, 0.3) is 0 Å². The Balaban J connectivity index is 2.81. The lowest BCUT2D eigenvalue weighted by Crippen LogP contribution is -2.43. The molecule has 0 saturated heterocycles. The van der Waals surface area contributed by atoms with Crippen molar-refractivity contribution in [3.63, 3.8) is 0 Å². The Hall–Kier alpha value is -0.860. The molecular weight excluding hydrogens is 246 g/mol. The van der Waals surface area contributed by atoms with Crippen LogP contribution in [-0.4, -0.2) is 28.6 Å². The molecule has 1 N–H and O–H groups in total. The second-order valence-electron chi connectivity index (χ2n) is 5.94. The normalized spacial score (nSPS) is 16.1. The minimum Gasteiger partial charge on any atom is -0.387 e. The van der Waals surface area contributed by atoms with Gasteiger partial charge in [-0.1, -0.05) is 50.1 Å². The van der Waals surface area contributed by atoms with Crippen LogP contribution < -0.4 is 0 Å². The van der Waals surface area contributed by atoms with E-state index in [-0.39, 0.29) is 6.04 Å². The number of unbranched alkanes of at least 4 members (excludes halogenated alkanes) is 1. The minimum absolute atomic E-state index is 0.152. The van der Waals surface area contributed by atoms with Gasteiger partial charge in [0.15, 0.2) is 0 Å². The third kappa shape index (κ3) is 4.60. The Morgan fingerprint density at radius 1 is 1.10 bits per heavy atom. The third-order valence-electron chi connectivity index (χ3n) is 4.33. The molecule has 0 fully saturated rings. The molecule has 0 aliphatic carbocycles. The van der Waals surface area contributed by atoms with Crippen molar-refractivity contribution in [2.75, 3.05) is 6.54 Å². The summed E-state index contributed by atoms with van der Waals surface area (Å²) in [5, 5.41) is 10.7. The zero-order valence-electron chi connectivity index (χ0n) is 13.8. The van der Waals surface area contributed by atoms with Gasteiger partial charge in [-0.3, -0.25) is 4.90 Å². The Kier molecular flexibility index (Phi) is 7.25. The number of hydrogen-bond acceptors (Lipinski definition) is 2. The van der Waals surface area contributed by atoms with Crippen molar-refractivity contribution in [2.24, 2.45) is 0 Å². The van der Waals surface area contributed by atoms with Gasteiger partial charge in [0.1, 0.15) is 0 Å². The Morgan fingerprint density at radius 3 is 2.20 bits per heavy atom. The summed E-state index contributed by atoms with van der Waals surface area (Å²) in [5.74, 6) is 0. The number of hydrogen-bond donors (Lipinski definition) is 1. The molecule has 0 aliphatic heterocycles. The van der Waals surface area contributed by atoms with E-state index in [2.05, 4.69) is 51.7 Å². The maximum atomic E-state index is 10.7. The largest absolute Gasteiger partial charge is 0.387 e. The second kappa shape index (κ2) is 8.43. The molecule has 2 nitrogen and oxygen atoms in total. The molecule has 1 rings (SSSR count). The molecule has 114 valence electrons. The number of rotatable bonds is 8. The molecule has 0 radical (unpaired) electrons. The smallest absolute Gasteiger partial charge is 0.0942 e. The fourth-order valence-corrected chi connectivity index (χ4v) is 2.62. The van der Waals surface area contributed by atoms with Crippen LogP contribution in [0.2, 0.25) is 0 Å². The van der Waals surface area contributed by atoms with Gasteiger partial charge < -0.3 is 5.11 Å². The van der Waals surface area contributed by atoms with Gasteiger partial charge in [-0.25, -0.2) is 0 Å². The predicted molar refractivity (Wildman–Crippen MR) is 87.0 cm³/mol. The Labute approximate surface area is 124 Å². The highest BCUT2D eigenvalue weighted by molar-refractivity contribution is 5.24. The topological polar surface area (TPSA) is 23.5 Å². The van der Waals surface area contributed by atoms with Crippen LogP contribution in [0, 0.1) is 6.92 Å². The molecule has 0 bridgehead atoms. The third-order valence-corrected chi connectivity index (χ3v) is 4.33. The van der Waals surface area contributed by atoms with E-state index in [1.54, 1.807) is 0 Å². The first kappa shape index (κ1) is 17.2. The van der Waals surface area contributed by atoms with Crippen LogP contribution in [0.5, 0.6) is 0 Å². The maximum Gasteiger partial charge on any atom is 0.0942 e. The zero-order chi connectivity index (χ0) is 15.1. The van der Waals surface area contributed by atoms with Gasteiger partial charge >= 0.3 is 0 Å². The van der Waals surface area contributed by atoms with E-state index >= 15 is 0 Å². The summed E-state index contributed by atoms with van der Waals surface area (Å²) in [6.07, 6.45) is 3.09. The van der Waals surface area contributed by atoms with Crippen molar-refractivity contribution < 1.29 is 5.11 Å². The molecule has 1 aromatic rings. The highest BCUT2D eigenvalue weighted by atomic mass is 16.3. The van der Waals surface area contributed by atoms with E-state index < -0.39 is 6.10 Å². The van der Waals surface area contributed by atoms with Crippen molar-refractivity contribution in [2.45, 2.75) is 72.1 Å². The highest BCUT2D eigenvalue weighted by Gasteiger charge is 2.25. The van der Waals surface area contributed by atoms with Crippen molar-refractivity contribution in [1.82, 2.24) is 4.90 Å². The van der Waals surface area contributed by atoms with Crippen molar-refractivity contribution >= 4 is 0 Å². The first-order valence-corrected chi connectivity index (χ1v) is 8.01. The summed E-state index contributed by atoms with van der Waals surface area (Å²) in [7, 11) is 0. The highest BCUT2D eigenvalue weighted by Crippen LogP contribution is 2.24. The van der Waals surface area contributed by atoms with Gasteiger partial charge in [-0.2, -0.15) is 0 Å². The first-order valence-electron chi connectivity index (χ1n) is 8.01. The van der Waals surface area contributed by atoms with Gasteiger partial charge in [0, 0.05) is 12.1 Å². The molecule has 20 heavy (non-hydrogen) atoms. The number of aliphatic hydroxyl groups is 1. The van der Waals surface area contributed by atoms with Gasteiger partial charge in [0.2, 0.25) is 0 Å². The molecule has 0 saturated carbocycles. The van der Waals surface area contributed by atoms with Gasteiger partial charge in [-0.15, -0.1) is 0 Å². The van der Waals surface area contributed by atoms with E-state index in [0.717, 1.165) is 18.5 Å². The van der Waals surface area contributed by atoms with E-state index in [9.17, 15) is 5.11 Å². The molecule has 3 unspecified atom stereocenters. The average molecular weight is 277 g/mol. The molecule has 0 aromatic heterocycles. The molecular formula is C18H31NO. The molecule has 0 amide bonds. The van der Waals surface area contributed by atoms with Crippen molar-refractivity contribution in [3.8, 4) is 0 Å². The van der Waals surface area contributed by atoms with Crippen LogP contribution >= 0.6 is 0 Å². The summed E-state index contributed by atoms with van der Waals surface area (Å²) < 4.78 is 0. The summed E-state index contributed by atoms with van der Waals surface area (Å²) in [6, 6.07) is 8.90. The fraction of sp³-hybridized carbons (Fsp3) is 0.667. The molecule has 3 atom stereocenters. The second-order valence-corrected chi connectivity index (χ2v) is 5.94. The standard InChI is InChI=1S/C18H31NO/c1-6-8-13-19(15(4)7-2)16(5)18(20)17-11-9-14(3)10-12-17/h9-12,15-16,18,20H,6-8,13H2,1-5H3. The van der Waals surface area contributed by atoms with Crippen molar-refractivity contribution in [1.29, 1.82) is 0 Å². The number of aliphatic hydroxyl groups excluding tert-OH is 1. The summed E-state index contributed by atoms with van der Waals surface area (Å²) in [6.45, 7) is 12.0. The van der Waals surface area contributed by atoms with Crippen molar-refractivity contribution in [3.05, 3.63) is 35.4 Å². The van der Waals surface area contributed by atoms with E-state index in [0.29, 0.717) is 6.04 Å². The Morgan fingerprint density at radius 2 is 1.70 bits per heavy atom. The summed E-state index contributed by atoms with van der Waals surface area (Å²) >= 11 is 0. The molecule has 1 aromatic carbocycles. The molecule has 0 heterocycles. The monoisotopic (exact) mass is 277 g/mol. The number of benzene rings is 1. The SMILES string of the molecule is CCCCN(C(C)CC)C(C)C(O)c1ccc(C)cc1. The van der Waals surface area contributed by atoms with Crippen LogP contribution in [0.25, 0.3) is 0 Å². The van der Waals surface area contributed by atoms with Crippen LogP contribution in [0.1, 0.15) is 64.2 Å². The minimum atomic E-state index is -0.415. The quantitative estimate of drug-likeness (QED) is 0.765. The fourth-order valence-electron chi connectivity index (χ4n) is 2.62. The van der Waals surface area contributed by atoms with Crippen LogP contribution in [0.15, 0.2) is 24.3 Å². The zero-order valence-corrected chi connectivity index (χ0v) is 13.8. The maximum absolute atomic E-state index is 10.7. The summed E-state index contributed by atoms with van der Waals surface area (Å²) in [4.78, 5) is 2.45. The lowest BCUT2D eigenvalue weighted by atomic mass is 9.99. The van der Waals surface area contributed by atoms with Crippen LogP contribution in [0.3, 0.4) is 0 Å². The predicted octanol–water partition coefficient (Wildman–Crippen LogP) is 4.32. The first-order chi connectivity index (χ1) is 9.51. The Bertz CT molecular complexity index is 374. The molecule has 2 heteroatoms. The summed E-state index contributed by atoms with van der Waals surface area (Å²) in [5.41, 5.74) is 2.26. The van der Waals surface area contributed by atoms with Crippen LogP contribution in [-0.2, 0) is 0 Å². The van der Waals surface area contributed by atoms with E-state index in [1.165, 1.54) is 18.4 Å². The van der Waals surface area contributed by atoms with Gasteiger partial charge in [-0.05, 0) is 45.7 Å². The number of nitrogens with zero attached hydrogens (tertiary/aromatic N) is 1.